The molecule has 1 N–H and O–H groups in total. The van der Waals surface area contributed by atoms with Gasteiger partial charge in [-0.3, -0.25) is 9.79 Å². The third kappa shape index (κ3) is 4.75. The Kier molecular flexibility index (Phi) is 5.60. The maximum Gasteiger partial charge on any atom is 0.230 e. The summed E-state index contributed by atoms with van der Waals surface area (Å²) in [6, 6.07) is 7.51. The summed E-state index contributed by atoms with van der Waals surface area (Å²) in [5.41, 5.74) is 1.01. The van der Waals surface area contributed by atoms with Gasteiger partial charge in [0.05, 0.1) is 18.3 Å². The summed E-state index contributed by atoms with van der Waals surface area (Å²) in [4.78, 5) is 16.1. The lowest BCUT2D eigenvalue weighted by molar-refractivity contribution is -0.119. The van der Waals surface area contributed by atoms with Gasteiger partial charge in [0.25, 0.3) is 0 Å². The van der Waals surface area contributed by atoms with Crippen molar-refractivity contribution in [1.82, 2.24) is 5.32 Å². The van der Waals surface area contributed by atoms with Gasteiger partial charge in [0.15, 0.2) is 0 Å². The number of nitrogens with one attached hydrogen (secondary N) is 1. The van der Waals surface area contributed by atoms with Crippen LogP contribution >= 0.6 is 35.1 Å². The second-order valence-electron chi connectivity index (χ2n) is 4.13. The number of halogens is 1. The molecule has 6 heteroatoms. The fraction of sp³-hybridized carbons (Fsp3) is 0.385. The van der Waals surface area contributed by atoms with Gasteiger partial charge in [0.2, 0.25) is 5.91 Å². The van der Waals surface area contributed by atoms with Gasteiger partial charge in [-0.2, -0.15) is 0 Å². The smallest absolute Gasteiger partial charge is 0.230 e. The highest BCUT2D eigenvalue weighted by Gasteiger charge is 2.13. The van der Waals surface area contributed by atoms with Crippen LogP contribution in [-0.2, 0) is 4.79 Å². The highest BCUT2D eigenvalue weighted by Crippen LogP contribution is 2.22. The van der Waals surface area contributed by atoms with E-state index < -0.39 is 0 Å². The molecule has 0 saturated carbocycles. The Hall–Kier alpha value is -0.650. The number of thioether (sulfide) groups is 2. The second-order valence-corrected chi connectivity index (χ2v) is 6.87. The third-order valence-electron chi connectivity index (χ3n) is 2.61. The van der Waals surface area contributed by atoms with E-state index >= 15 is 0 Å². The largest absolute Gasteiger partial charge is 0.349 e. The second kappa shape index (κ2) is 7.22. The van der Waals surface area contributed by atoms with E-state index in [1.54, 1.807) is 11.8 Å². The van der Waals surface area contributed by atoms with Crippen molar-refractivity contribution in [3.05, 3.63) is 34.9 Å². The molecule has 0 fully saturated rings. The molecule has 2 rings (SSSR count). The van der Waals surface area contributed by atoms with Gasteiger partial charge in [-0.15, -0.1) is 0 Å². The molecule has 1 amide bonds. The van der Waals surface area contributed by atoms with E-state index in [1.165, 1.54) is 11.8 Å². The minimum absolute atomic E-state index is 0.0210. The zero-order valence-electron chi connectivity index (χ0n) is 10.6. The average molecular weight is 315 g/mol. The van der Waals surface area contributed by atoms with E-state index in [-0.39, 0.29) is 11.9 Å². The van der Waals surface area contributed by atoms with Crippen molar-refractivity contribution in [2.24, 2.45) is 4.99 Å². The topological polar surface area (TPSA) is 41.5 Å². The van der Waals surface area contributed by atoms with E-state index in [0.717, 1.165) is 22.2 Å². The van der Waals surface area contributed by atoms with Gasteiger partial charge in [-0.25, -0.2) is 0 Å². The van der Waals surface area contributed by atoms with Gasteiger partial charge >= 0.3 is 0 Å². The molecule has 1 aliphatic heterocycles. The van der Waals surface area contributed by atoms with Crippen molar-refractivity contribution in [3.63, 3.8) is 0 Å². The molecular formula is C13H15ClN2OS2. The van der Waals surface area contributed by atoms with Crippen LogP contribution in [0.3, 0.4) is 0 Å². The van der Waals surface area contributed by atoms with Gasteiger partial charge in [-0.1, -0.05) is 47.3 Å². The van der Waals surface area contributed by atoms with Gasteiger partial charge in [0, 0.05) is 10.8 Å². The monoisotopic (exact) mass is 314 g/mol. The number of hydrogen-bond donors (Lipinski definition) is 1. The summed E-state index contributed by atoms with van der Waals surface area (Å²) in [6.45, 7) is 2.82. The molecule has 3 nitrogen and oxygen atoms in total. The van der Waals surface area contributed by atoms with Gasteiger partial charge in [-0.05, 0) is 24.6 Å². The molecule has 1 aromatic rings. The maximum atomic E-state index is 11.8. The molecule has 1 aliphatic rings. The molecule has 0 bridgehead atoms. The first-order valence-electron chi connectivity index (χ1n) is 6.00. The first-order valence-corrected chi connectivity index (χ1v) is 8.35. The van der Waals surface area contributed by atoms with Crippen LogP contribution in [0.1, 0.15) is 18.5 Å². The molecule has 0 unspecified atom stereocenters. The summed E-state index contributed by atoms with van der Waals surface area (Å²) >= 11 is 9.16. The summed E-state index contributed by atoms with van der Waals surface area (Å²) in [6.07, 6.45) is 0. The van der Waals surface area contributed by atoms with Crippen LogP contribution in [0.25, 0.3) is 0 Å². The highest BCUT2D eigenvalue weighted by atomic mass is 35.5. The minimum atomic E-state index is -0.0371. The van der Waals surface area contributed by atoms with Crippen molar-refractivity contribution in [2.75, 3.05) is 18.1 Å². The van der Waals surface area contributed by atoms with Crippen LogP contribution in [0.15, 0.2) is 29.3 Å². The predicted molar refractivity (Wildman–Crippen MR) is 85.2 cm³/mol. The van der Waals surface area contributed by atoms with Gasteiger partial charge < -0.3 is 5.32 Å². The molecule has 19 heavy (non-hydrogen) atoms. The van der Waals surface area contributed by atoms with Crippen LogP contribution < -0.4 is 5.32 Å². The molecule has 1 heterocycles. The predicted octanol–water partition coefficient (Wildman–Crippen LogP) is 3.35. The number of rotatable bonds is 4. The Balaban J connectivity index is 1.81. The highest BCUT2D eigenvalue weighted by molar-refractivity contribution is 8.39. The Morgan fingerprint density at radius 1 is 1.63 bits per heavy atom. The number of aliphatic imine (C=N–C) groups is 1. The van der Waals surface area contributed by atoms with E-state index in [2.05, 4.69) is 10.3 Å². The lowest BCUT2D eigenvalue weighted by Gasteiger charge is -2.14. The summed E-state index contributed by atoms with van der Waals surface area (Å²) in [7, 11) is 0. The number of carbonyl (C=O) groups excluding carboxylic acids is 1. The number of nitrogens with zero attached hydrogens (tertiary/aromatic N) is 1. The van der Waals surface area contributed by atoms with Crippen molar-refractivity contribution >= 4 is 45.4 Å². The fourth-order valence-electron chi connectivity index (χ4n) is 1.67. The maximum absolute atomic E-state index is 11.8. The summed E-state index contributed by atoms with van der Waals surface area (Å²) < 4.78 is 1.02. The normalized spacial score (nSPS) is 16.0. The lowest BCUT2D eigenvalue weighted by Crippen LogP contribution is -2.28. The first-order chi connectivity index (χ1) is 9.15. The average Bonchev–Trinajstić information content (AvgIpc) is 2.89. The molecule has 102 valence electrons. The van der Waals surface area contributed by atoms with E-state index in [1.807, 2.05) is 31.2 Å². The van der Waals surface area contributed by atoms with Crippen molar-refractivity contribution in [2.45, 2.75) is 13.0 Å². The summed E-state index contributed by atoms with van der Waals surface area (Å²) in [5, 5.41) is 3.65. The standard InChI is InChI=1S/C13H15ClN2OS2/c1-9(10-3-2-4-11(14)7-10)16-12(17)8-19-13-15-5-6-18-13/h2-4,7,9H,5-6,8H2,1H3,(H,16,17)/t9-/m1/s1. The number of carbonyl (C=O) groups is 1. The van der Waals surface area contributed by atoms with Crippen LogP contribution in [0, 0.1) is 0 Å². The van der Waals surface area contributed by atoms with Gasteiger partial charge in [0.1, 0.15) is 4.38 Å². The molecule has 0 aromatic heterocycles. The zero-order chi connectivity index (χ0) is 13.7. The fourth-order valence-corrected chi connectivity index (χ4v) is 3.69. The minimum Gasteiger partial charge on any atom is -0.349 e. The SMILES string of the molecule is C[C@@H](NC(=O)CSC1=NCCS1)c1cccc(Cl)c1. The van der Waals surface area contributed by atoms with Crippen LogP contribution in [0.2, 0.25) is 5.02 Å². The molecule has 0 radical (unpaired) electrons. The summed E-state index contributed by atoms with van der Waals surface area (Å²) in [5.74, 6) is 1.47. The molecule has 1 aromatic carbocycles. The Morgan fingerprint density at radius 3 is 3.16 bits per heavy atom. The molecule has 0 aliphatic carbocycles. The Morgan fingerprint density at radius 2 is 2.47 bits per heavy atom. The van der Waals surface area contributed by atoms with Crippen molar-refractivity contribution in [1.29, 1.82) is 0 Å². The molecule has 0 spiro atoms. The van der Waals surface area contributed by atoms with E-state index in [9.17, 15) is 4.79 Å². The number of hydrogen-bond acceptors (Lipinski definition) is 4. The Bertz CT molecular complexity index is 493. The van der Waals surface area contributed by atoms with E-state index in [4.69, 9.17) is 11.6 Å². The molecule has 1 atom stereocenters. The quantitative estimate of drug-likeness (QED) is 0.926. The Labute approximate surface area is 126 Å². The first kappa shape index (κ1) is 14.8. The van der Waals surface area contributed by atoms with Crippen molar-refractivity contribution < 1.29 is 4.79 Å². The number of amides is 1. The lowest BCUT2D eigenvalue weighted by atomic mass is 10.1. The van der Waals surface area contributed by atoms with Crippen LogP contribution in [-0.4, -0.2) is 28.3 Å². The zero-order valence-corrected chi connectivity index (χ0v) is 12.9. The molecule has 0 saturated heterocycles. The van der Waals surface area contributed by atoms with Crippen LogP contribution in [0.4, 0.5) is 0 Å². The number of benzene rings is 1. The van der Waals surface area contributed by atoms with Crippen molar-refractivity contribution in [3.8, 4) is 0 Å². The molecular weight excluding hydrogens is 300 g/mol. The van der Waals surface area contributed by atoms with Crippen LogP contribution in [0.5, 0.6) is 0 Å². The third-order valence-corrected chi connectivity index (χ3v) is 5.10. The van der Waals surface area contributed by atoms with E-state index in [0.29, 0.717) is 10.8 Å².